The molecule has 0 aromatic heterocycles. The van der Waals surface area contributed by atoms with E-state index in [2.05, 4.69) is 11.0 Å². The molecule has 2 aliphatic heterocycles. The van der Waals surface area contributed by atoms with Crippen molar-refractivity contribution >= 4 is 5.91 Å². The van der Waals surface area contributed by atoms with Gasteiger partial charge in [-0.15, -0.1) is 0 Å². The first-order valence-electron chi connectivity index (χ1n) is 7.45. The van der Waals surface area contributed by atoms with Gasteiger partial charge < -0.3 is 14.4 Å². The van der Waals surface area contributed by atoms with Gasteiger partial charge in [0.05, 0.1) is 20.8 Å². The van der Waals surface area contributed by atoms with Crippen LogP contribution in [0.25, 0.3) is 0 Å². The van der Waals surface area contributed by atoms with Crippen LogP contribution in [0.2, 0.25) is 0 Å². The molecule has 1 amide bonds. The zero-order chi connectivity index (χ0) is 14.8. The van der Waals surface area contributed by atoms with Crippen molar-refractivity contribution in [3.05, 3.63) is 23.3 Å². The van der Waals surface area contributed by atoms with Crippen molar-refractivity contribution in [1.82, 2.24) is 9.80 Å². The standard InChI is InChI=1S/C16H22N2O3/c1-20-14-8-12-4-7-17(10-13(12)9-15(14)21-2)11-16(19)18-5-3-6-18/h8-9H,3-7,10-11H2,1-2H3. The Morgan fingerprint density at radius 1 is 1.10 bits per heavy atom. The number of rotatable bonds is 4. The molecular formula is C16H22N2O3. The number of ether oxygens (including phenoxy) is 2. The second-order valence-corrected chi connectivity index (χ2v) is 5.67. The molecule has 0 aliphatic carbocycles. The molecule has 2 heterocycles. The Balaban J connectivity index is 1.70. The van der Waals surface area contributed by atoms with Crippen molar-refractivity contribution in [2.24, 2.45) is 0 Å². The molecule has 21 heavy (non-hydrogen) atoms. The normalized spacial score (nSPS) is 17.9. The number of benzene rings is 1. The molecular weight excluding hydrogens is 268 g/mol. The van der Waals surface area contributed by atoms with Crippen molar-refractivity contribution in [2.45, 2.75) is 19.4 Å². The maximum absolute atomic E-state index is 12.1. The van der Waals surface area contributed by atoms with Crippen LogP contribution in [0.5, 0.6) is 11.5 Å². The highest BCUT2D eigenvalue weighted by Crippen LogP contribution is 2.33. The van der Waals surface area contributed by atoms with Crippen molar-refractivity contribution in [1.29, 1.82) is 0 Å². The van der Waals surface area contributed by atoms with Gasteiger partial charge >= 0.3 is 0 Å². The van der Waals surface area contributed by atoms with E-state index in [9.17, 15) is 4.79 Å². The Morgan fingerprint density at radius 3 is 2.33 bits per heavy atom. The Morgan fingerprint density at radius 2 is 1.76 bits per heavy atom. The quantitative estimate of drug-likeness (QED) is 0.838. The molecule has 0 saturated carbocycles. The largest absolute Gasteiger partial charge is 0.493 e. The van der Waals surface area contributed by atoms with E-state index in [1.165, 1.54) is 11.1 Å². The van der Waals surface area contributed by atoms with Gasteiger partial charge in [-0.3, -0.25) is 9.69 Å². The number of amides is 1. The van der Waals surface area contributed by atoms with Crippen LogP contribution in [0, 0.1) is 0 Å². The molecule has 0 spiro atoms. The average Bonchev–Trinajstić information content (AvgIpc) is 2.43. The smallest absolute Gasteiger partial charge is 0.236 e. The molecule has 0 radical (unpaired) electrons. The molecule has 114 valence electrons. The second-order valence-electron chi connectivity index (χ2n) is 5.67. The van der Waals surface area contributed by atoms with Gasteiger partial charge in [0.2, 0.25) is 5.91 Å². The van der Waals surface area contributed by atoms with Crippen molar-refractivity contribution < 1.29 is 14.3 Å². The number of carbonyl (C=O) groups is 1. The van der Waals surface area contributed by atoms with E-state index in [1.54, 1.807) is 14.2 Å². The fourth-order valence-electron chi connectivity index (χ4n) is 2.93. The molecule has 5 nitrogen and oxygen atoms in total. The van der Waals surface area contributed by atoms with Crippen LogP contribution < -0.4 is 9.47 Å². The summed E-state index contributed by atoms with van der Waals surface area (Å²) < 4.78 is 10.7. The van der Waals surface area contributed by atoms with Crippen LogP contribution in [0.1, 0.15) is 17.5 Å². The number of methoxy groups -OCH3 is 2. The number of carbonyl (C=O) groups excluding carboxylic acids is 1. The van der Waals surface area contributed by atoms with E-state index in [0.717, 1.165) is 50.5 Å². The number of fused-ring (bicyclic) bond motifs is 1. The molecule has 1 saturated heterocycles. The van der Waals surface area contributed by atoms with Gasteiger partial charge in [0.1, 0.15) is 0 Å². The minimum Gasteiger partial charge on any atom is -0.493 e. The Hall–Kier alpha value is -1.75. The molecule has 0 atom stereocenters. The number of hydrogen-bond acceptors (Lipinski definition) is 4. The van der Waals surface area contributed by atoms with Gasteiger partial charge in [0, 0.05) is 26.2 Å². The molecule has 0 bridgehead atoms. The minimum atomic E-state index is 0.255. The van der Waals surface area contributed by atoms with Crippen LogP contribution >= 0.6 is 0 Å². The van der Waals surface area contributed by atoms with Crippen molar-refractivity contribution in [2.75, 3.05) is 40.4 Å². The van der Waals surface area contributed by atoms with Crippen molar-refractivity contribution in [3.8, 4) is 11.5 Å². The lowest BCUT2D eigenvalue weighted by atomic mass is 9.98. The lowest BCUT2D eigenvalue weighted by Gasteiger charge is -2.35. The maximum atomic E-state index is 12.1. The molecule has 3 rings (SSSR count). The summed E-state index contributed by atoms with van der Waals surface area (Å²) in [6.45, 7) is 4.09. The summed E-state index contributed by atoms with van der Waals surface area (Å²) in [5.74, 6) is 1.79. The highest BCUT2D eigenvalue weighted by atomic mass is 16.5. The van der Waals surface area contributed by atoms with E-state index < -0.39 is 0 Å². The van der Waals surface area contributed by atoms with Gasteiger partial charge in [-0.1, -0.05) is 0 Å². The van der Waals surface area contributed by atoms with Gasteiger partial charge in [-0.2, -0.15) is 0 Å². The summed E-state index contributed by atoms with van der Waals surface area (Å²) in [6.07, 6.45) is 2.09. The lowest BCUT2D eigenvalue weighted by Crippen LogP contribution is -2.47. The van der Waals surface area contributed by atoms with Crippen LogP contribution in [0.15, 0.2) is 12.1 Å². The molecule has 5 heteroatoms. The van der Waals surface area contributed by atoms with Crippen LogP contribution in [0.4, 0.5) is 0 Å². The SMILES string of the molecule is COc1cc2c(cc1OC)CN(CC(=O)N1CCC1)CC2. The van der Waals surface area contributed by atoms with Gasteiger partial charge in [-0.05, 0) is 36.1 Å². The fraction of sp³-hybridized carbons (Fsp3) is 0.562. The first-order chi connectivity index (χ1) is 10.2. The molecule has 1 fully saturated rings. The van der Waals surface area contributed by atoms with Gasteiger partial charge in [-0.25, -0.2) is 0 Å². The first kappa shape index (κ1) is 14.2. The van der Waals surface area contributed by atoms with Crippen LogP contribution in [-0.4, -0.2) is 56.1 Å². The summed E-state index contributed by atoms with van der Waals surface area (Å²) in [6, 6.07) is 4.09. The van der Waals surface area contributed by atoms with E-state index in [-0.39, 0.29) is 5.91 Å². The Kier molecular flexibility index (Phi) is 4.01. The zero-order valence-corrected chi connectivity index (χ0v) is 12.7. The number of hydrogen-bond donors (Lipinski definition) is 0. The van der Waals surface area contributed by atoms with Crippen LogP contribution in [-0.2, 0) is 17.8 Å². The summed E-state index contributed by atoms with van der Waals surface area (Å²) in [5, 5.41) is 0. The lowest BCUT2D eigenvalue weighted by molar-refractivity contribution is -0.136. The topological polar surface area (TPSA) is 42.0 Å². The number of likely N-dealkylation sites (tertiary alicyclic amines) is 1. The summed E-state index contributed by atoms with van der Waals surface area (Å²) in [4.78, 5) is 16.2. The monoisotopic (exact) mass is 290 g/mol. The van der Waals surface area contributed by atoms with Crippen molar-refractivity contribution in [3.63, 3.8) is 0 Å². The fourth-order valence-corrected chi connectivity index (χ4v) is 2.93. The highest BCUT2D eigenvalue weighted by Gasteiger charge is 2.25. The minimum absolute atomic E-state index is 0.255. The third kappa shape index (κ3) is 2.83. The molecule has 1 aromatic rings. The zero-order valence-electron chi connectivity index (χ0n) is 12.7. The maximum Gasteiger partial charge on any atom is 0.236 e. The molecule has 0 N–H and O–H groups in total. The Labute approximate surface area is 125 Å². The predicted molar refractivity (Wildman–Crippen MR) is 79.7 cm³/mol. The van der Waals surface area contributed by atoms with E-state index >= 15 is 0 Å². The molecule has 0 unspecified atom stereocenters. The third-order valence-corrected chi connectivity index (χ3v) is 4.36. The number of nitrogens with zero attached hydrogens (tertiary/aromatic N) is 2. The average molecular weight is 290 g/mol. The van der Waals surface area contributed by atoms with Crippen LogP contribution in [0.3, 0.4) is 0 Å². The van der Waals surface area contributed by atoms with Gasteiger partial charge in [0.25, 0.3) is 0 Å². The molecule has 1 aromatic carbocycles. The summed E-state index contributed by atoms with van der Waals surface area (Å²) >= 11 is 0. The van der Waals surface area contributed by atoms with E-state index in [4.69, 9.17) is 9.47 Å². The van der Waals surface area contributed by atoms with Gasteiger partial charge in [0.15, 0.2) is 11.5 Å². The highest BCUT2D eigenvalue weighted by molar-refractivity contribution is 5.79. The predicted octanol–water partition coefficient (Wildman–Crippen LogP) is 1.29. The first-order valence-corrected chi connectivity index (χ1v) is 7.45. The Bertz CT molecular complexity index is 541. The summed E-state index contributed by atoms with van der Waals surface area (Å²) in [5.41, 5.74) is 2.52. The van der Waals surface area contributed by atoms with E-state index in [1.807, 2.05) is 11.0 Å². The second kappa shape index (κ2) is 5.93. The third-order valence-electron chi connectivity index (χ3n) is 4.36. The van der Waals surface area contributed by atoms with E-state index in [0.29, 0.717) is 6.54 Å². The summed E-state index contributed by atoms with van der Waals surface area (Å²) in [7, 11) is 3.31. The molecule has 2 aliphatic rings.